The third-order valence-corrected chi connectivity index (χ3v) is 0.926. The van der Waals surface area contributed by atoms with Crippen LogP contribution in [-0.4, -0.2) is 14.4 Å². The number of rotatable bonds is 2. The highest BCUT2D eigenvalue weighted by Gasteiger charge is 2.06. The first-order valence-electron chi connectivity index (χ1n) is 1.55. The molecule has 0 radical (unpaired) electrons. The maximum atomic E-state index is 11.1. The van der Waals surface area contributed by atoms with Gasteiger partial charge in [0.2, 0.25) is 6.01 Å². The molecular weight excluding hydrogens is 135 g/mol. The Kier molecular flexibility index (Phi) is 2.28. The van der Waals surface area contributed by atoms with Crippen molar-refractivity contribution in [1.82, 2.24) is 0 Å². The van der Waals surface area contributed by atoms with Gasteiger partial charge in [0.05, 0.1) is 0 Å². The largest absolute Gasteiger partial charge is 0.347 e. The average Bonchev–Trinajstić information content (AvgIpc) is 1.67. The minimum absolute atomic E-state index is 1.33. The third-order valence-electron chi connectivity index (χ3n) is 0.309. The highest BCUT2D eigenvalue weighted by molar-refractivity contribution is 7.86. The van der Waals surface area contributed by atoms with Gasteiger partial charge in [0, 0.05) is 0 Å². The Morgan fingerprint density at radius 2 is 2.25 bits per heavy atom. The number of hydrogen-bond acceptors (Lipinski definition) is 3. The van der Waals surface area contributed by atoms with Gasteiger partial charge >= 0.3 is 10.1 Å². The van der Waals surface area contributed by atoms with Crippen LogP contribution in [0.25, 0.3) is 0 Å². The number of terminal acetylenes is 1. The lowest BCUT2D eigenvalue weighted by Gasteiger charge is -1.89. The van der Waals surface area contributed by atoms with Crippen LogP contribution < -0.4 is 0 Å². The Hall–Kier alpha value is -0.760. The predicted octanol–water partition coefficient (Wildman–Crippen LogP) is -0.149. The summed E-state index contributed by atoms with van der Waals surface area (Å²) in [5.74, 6) is 0. The second kappa shape index (κ2) is 2.52. The van der Waals surface area contributed by atoms with E-state index < -0.39 is 16.1 Å². The smallest absolute Gasteiger partial charge is 0.326 e. The average molecular weight is 138 g/mol. The lowest BCUT2D eigenvalue weighted by molar-refractivity contribution is 0.435. The Bertz CT molecular complexity index is 187. The molecule has 5 heteroatoms. The molecule has 0 aromatic carbocycles. The van der Waals surface area contributed by atoms with Gasteiger partial charge in [0.15, 0.2) is 0 Å². The van der Waals surface area contributed by atoms with Crippen molar-refractivity contribution in [2.45, 2.75) is 0 Å². The van der Waals surface area contributed by atoms with E-state index in [9.17, 15) is 12.8 Å². The van der Waals surface area contributed by atoms with E-state index >= 15 is 0 Å². The Morgan fingerprint density at radius 3 is 2.38 bits per heavy atom. The van der Waals surface area contributed by atoms with Crippen molar-refractivity contribution in [3.8, 4) is 12.5 Å². The molecule has 3 nitrogen and oxygen atoms in total. The molecule has 0 aliphatic carbocycles. The third kappa shape index (κ3) is 2.42. The van der Waals surface area contributed by atoms with Gasteiger partial charge in [0.25, 0.3) is 0 Å². The van der Waals surface area contributed by atoms with Crippen molar-refractivity contribution in [3.05, 3.63) is 0 Å². The summed E-state index contributed by atoms with van der Waals surface area (Å²) < 4.78 is 34.4. The van der Waals surface area contributed by atoms with E-state index in [-0.39, 0.29) is 0 Å². The monoisotopic (exact) mass is 138 g/mol. The van der Waals surface area contributed by atoms with E-state index in [1.54, 1.807) is 0 Å². The molecule has 0 saturated heterocycles. The Balaban J connectivity index is 4.01. The SMILES string of the molecule is C#COS(=O)(=O)CF. The van der Waals surface area contributed by atoms with E-state index in [1.807, 2.05) is 0 Å². The van der Waals surface area contributed by atoms with Crippen molar-refractivity contribution in [2.24, 2.45) is 0 Å². The second-order valence-electron chi connectivity index (χ2n) is 0.868. The van der Waals surface area contributed by atoms with E-state index in [0.29, 0.717) is 0 Å². The summed E-state index contributed by atoms with van der Waals surface area (Å²) in [6.45, 7) is 0. The molecule has 0 aliphatic heterocycles. The maximum absolute atomic E-state index is 11.1. The predicted molar refractivity (Wildman–Crippen MR) is 24.8 cm³/mol. The normalized spacial score (nSPS) is 10.0. The van der Waals surface area contributed by atoms with Crippen LogP contribution in [0.15, 0.2) is 0 Å². The van der Waals surface area contributed by atoms with Gasteiger partial charge in [-0.3, -0.25) is 0 Å². The standard InChI is InChI=1S/C3H3FO3S/c1-2-7-8(5,6)3-4/h1H,3H2. The minimum Gasteiger partial charge on any atom is -0.326 e. The van der Waals surface area contributed by atoms with E-state index in [2.05, 4.69) is 10.6 Å². The molecule has 0 bridgehead atoms. The molecular formula is C3H3FO3S. The lowest BCUT2D eigenvalue weighted by atomic mass is 11.3. The fourth-order valence-electron chi connectivity index (χ4n) is 0.0956. The Morgan fingerprint density at radius 1 is 1.75 bits per heavy atom. The summed E-state index contributed by atoms with van der Waals surface area (Å²) in [4.78, 5) is 0. The van der Waals surface area contributed by atoms with Crippen molar-refractivity contribution >= 4 is 10.1 Å². The van der Waals surface area contributed by atoms with Crippen LogP contribution in [-0.2, 0) is 14.3 Å². The lowest BCUT2D eigenvalue weighted by Crippen LogP contribution is -2.02. The Labute approximate surface area is 46.6 Å². The van der Waals surface area contributed by atoms with Crippen LogP contribution in [0.1, 0.15) is 0 Å². The first-order valence-corrected chi connectivity index (χ1v) is 3.13. The molecule has 0 aromatic heterocycles. The van der Waals surface area contributed by atoms with Gasteiger partial charge in [-0.1, -0.05) is 6.42 Å². The summed E-state index contributed by atoms with van der Waals surface area (Å²) in [5, 5.41) is 0. The zero-order chi connectivity index (χ0) is 6.62. The topological polar surface area (TPSA) is 43.4 Å². The summed E-state index contributed by atoms with van der Waals surface area (Å²) in [7, 11) is -4.07. The van der Waals surface area contributed by atoms with Crippen LogP contribution in [0, 0.1) is 12.5 Å². The van der Waals surface area contributed by atoms with Gasteiger partial charge in [-0.05, 0) is 0 Å². The summed E-state index contributed by atoms with van der Waals surface area (Å²) >= 11 is 0. The molecule has 8 heavy (non-hydrogen) atoms. The molecule has 0 aromatic rings. The summed E-state index contributed by atoms with van der Waals surface area (Å²) in [6.07, 6.45) is 5.70. The van der Waals surface area contributed by atoms with Gasteiger partial charge in [-0.15, -0.1) is 0 Å². The second-order valence-corrected chi connectivity index (χ2v) is 2.37. The van der Waals surface area contributed by atoms with Crippen molar-refractivity contribution < 1.29 is 17.0 Å². The molecule has 0 spiro atoms. The van der Waals surface area contributed by atoms with Crippen molar-refractivity contribution in [1.29, 1.82) is 0 Å². The highest BCUT2D eigenvalue weighted by atomic mass is 32.2. The molecule has 0 amide bonds. The maximum Gasteiger partial charge on any atom is 0.347 e. The molecule has 0 N–H and O–H groups in total. The van der Waals surface area contributed by atoms with Crippen LogP contribution in [0.2, 0.25) is 0 Å². The number of halogens is 1. The molecule has 0 unspecified atom stereocenters. The first-order chi connectivity index (χ1) is 3.62. The van der Waals surface area contributed by atoms with Crippen LogP contribution in [0.5, 0.6) is 0 Å². The molecule has 0 rings (SSSR count). The van der Waals surface area contributed by atoms with E-state index in [0.717, 1.165) is 0 Å². The number of hydrogen-bond donors (Lipinski definition) is 0. The van der Waals surface area contributed by atoms with Gasteiger partial charge < -0.3 is 4.18 Å². The quantitative estimate of drug-likeness (QED) is 0.393. The molecule has 0 fully saturated rings. The van der Waals surface area contributed by atoms with Gasteiger partial charge in [0.1, 0.15) is 6.11 Å². The fraction of sp³-hybridized carbons (Fsp3) is 0.333. The van der Waals surface area contributed by atoms with Crippen LogP contribution >= 0.6 is 0 Å². The van der Waals surface area contributed by atoms with Crippen molar-refractivity contribution in [2.75, 3.05) is 6.01 Å². The zero-order valence-electron chi connectivity index (χ0n) is 3.80. The minimum atomic E-state index is -4.07. The highest BCUT2D eigenvalue weighted by Crippen LogP contribution is 1.89. The number of alkyl halides is 1. The molecule has 0 heterocycles. The molecule has 46 valence electrons. The van der Waals surface area contributed by atoms with Gasteiger partial charge in [-0.25, -0.2) is 4.39 Å². The summed E-state index contributed by atoms with van der Waals surface area (Å²) in [5.41, 5.74) is 0. The molecule has 0 atom stereocenters. The van der Waals surface area contributed by atoms with Crippen LogP contribution in [0.4, 0.5) is 4.39 Å². The van der Waals surface area contributed by atoms with Crippen LogP contribution in [0.3, 0.4) is 0 Å². The van der Waals surface area contributed by atoms with E-state index in [1.165, 1.54) is 6.11 Å². The van der Waals surface area contributed by atoms with E-state index in [4.69, 9.17) is 0 Å². The fourth-order valence-corrected chi connectivity index (χ4v) is 0.287. The summed E-state index contributed by atoms with van der Waals surface area (Å²) in [6, 6.07) is -1.59. The molecule has 0 aliphatic rings. The van der Waals surface area contributed by atoms with Crippen molar-refractivity contribution in [3.63, 3.8) is 0 Å². The van der Waals surface area contributed by atoms with Gasteiger partial charge in [-0.2, -0.15) is 8.42 Å². The molecule has 0 saturated carbocycles. The zero-order valence-corrected chi connectivity index (χ0v) is 4.61. The first kappa shape index (κ1) is 7.24.